The molecule has 66 heavy (non-hydrogen) atoms. The van der Waals surface area contributed by atoms with Gasteiger partial charge in [0.1, 0.15) is 12.2 Å². The average Bonchev–Trinajstić information content (AvgIpc) is 3.28. The van der Waals surface area contributed by atoms with Crippen LogP contribution in [0.15, 0.2) is 24.3 Å². The standard InChI is InChI=1S/C53H95ClNO10P/c1-6-8-10-12-14-16-18-20-22-24-26-28-30-32-34-36-50(56)60-45-49(64-51(57)37-35-33-31-29-27-25-23-21-19-17-15-13-11-9-7-2)46-63-66(59,62-44-47-38-40-48(54)41-39-47)61-43-42-55-52(58)65-53(3,4)5/h38-41,49H,6-37,42-46H2,1-5H3,(H,55,58). The highest BCUT2D eigenvalue weighted by Gasteiger charge is 2.30. The van der Waals surface area contributed by atoms with E-state index in [1.807, 2.05) is 0 Å². The Morgan fingerprint density at radius 2 is 0.970 bits per heavy atom. The molecule has 0 aliphatic rings. The molecular weight excluding hydrogens is 877 g/mol. The van der Waals surface area contributed by atoms with Crippen molar-refractivity contribution in [2.75, 3.05) is 26.4 Å². The predicted octanol–water partition coefficient (Wildman–Crippen LogP) is 16.5. The van der Waals surface area contributed by atoms with Crippen LogP contribution < -0.4 is 5.32 Å². The van der Waals surface area contributed by atoms with Gasteiger partial charge in [-0.05, 0) is 51.3 Å². The van der Waals surface area contributed by atoms with Crippen LogP contribution in [0, 0.1) is 0 Å². The number of benzene rings is 1. The fraction of sp³-hybridized carbons (Fsp3) is 0.830. The SMILES string of the molecule is CCCCCCCCCCCCCCCCCC(=O)OCC(COP(=O)(OCCNC(=O)OC(C)(C)C)OCc1ccc(Cl)cc1)OC(=O)CCCCCCCCCCCCCCCCC. The fourth-order valence-corrected chi connectivity index (χ4v) is 8.87. The second-order valence-electron chi connectivity index (χ2n) is 19.1. The zero-order valence-corrected chi connectivity index (χ0v) is 44.1. The Kier molecular flexibility index (Phi) is 39.1. The molecule has 0 spiro atoms. The van der Waals surface area contributed by atoms with Gasteiger partial charge in [-0.3, -0.25) is 23.2 Å². The van der Waals surface area contributed by atoms with E-state index in [1.54, 1.807) is 45.0 Å². The predicted molar refractivity (Wildman–Crippen MR) is 270 cm³/mol. The molecule has 0 heterocycles. The van der Waals surface area contributed by atoms with Crippen LogP contribution in [0.4, 0.5) is 4.79 Å². The molecule has 2 unspecified atom stereocenters. The lowest BCUT2D eigenvalue weighted by Gasteiger charge is -2.23. The molecule has 384 valence electrons. The molecule has 0 aliphatic carbocycles. The molecule has 11 nitrogen and oxygen atoms in total. The van der Waals surface area contributed by atoms with E-state index in [0.717, 1.165) is 38.5 Å². The monoisotopic (exact) mass is 972 g/mol. The first-order valence-electron chi connectivity index (χ1n) is 26.5. The summed E-state index contributed by atoms with van der Waals surface area (Å²) in [5.74, 6) is -0.837. The van der Waals surface area contributed by atoms with E-state index in [0.29, 0.717) is 17.0 Å². The van der Waals surface area contributed by atoms with E-state index < -0.39 is 38.2 Å². The van der Waals surface area contributed by atoms with Crippen LogP contribution in [-0.4, -0.2) is 56.1 Å². The maximum absolute atomic E-state index is 14.0. The number of carbonyl (C=O) groups is 3. The number of amides is 1. The van der Waals surface area contributed by atoms with Gasteiger partial charge in [0.25, 0.3) is 0 Å². The minimum atomic E-state index is -4.30. The number of carbonyl (C=O) groups excluding carboxylic acids is 3. The Morgan fingerprint density at radius 3 is 1.39 bits per heavy atom. The van der Waals surface area contributed by atoms with Crippen molar-refractivity contribution >= 4 is 37.5 Å². The van der Waals surface area contributed by atoms with Crippen LogP contribution in [0.2, 0.25) is 5.02 Å². The summed E-state index contributed by atoms with van der Waals surface area (Å²) in [6, 6.07) is 6.80. The smallest absolute Gasteiger partial charge is 0.462 e. The summed E-state index contributed by atoms with van der Waals surface area (Å²) in [5.41, 5.74) is -0.0306. The number of rotatable bonds is 45. The maximum Gasteiger partial charge on any atom is 0.475 e. The second-order valence-corrected chi connectivity index (χ2v) is 21.2. The number of halogens is 1. The van der Waals surface area contributed by atoms with E-state index in [1.165, 1.54) is 148 Å². The number of nitrogens with one attached hydrogen (secondary N) is 1. The zero-order chi connectivity index (χ0) is 48.4. The van der Waals surface area contributed by atoms with Gasteiger partial charge in [0.05, 0.1) is 19.8 Å². The van der Waals surface area contributed by atoms with Gasteiger partial charge in [0, 0.05) is 24.4 Å². The van der Waals surface area contributed by atoms with Crippen LogP contribution >= 0.6 is 19.4 Å². The van der Waals surface area contributed by atoms with Crippen molar-refractivity contribution in [1.82, 2.24) is 5.32 Å². The normalized spacial score (nSPS) is 13.0. The molecule has 2 atom stereocenters. The van der Waals surface area contributed by atoms with Gasteiger partial charge in [-0.15, -0.1) is 0 Å². The van der Waals surface area contributed by atoms with Gasteiger partial charge in [-0.2, -0.15) is 0 Å². The summed E-state index contributed by atoms with van der Waals surface area (Å²) in [6.45, 7) is 8.69. The van der Waals surface area contributed by atoms with Gasteiger partial charge >= 0.3 is 25.9 Å². The first kappa shape index (κ1) is 61.8. The van der Waals surface area contributed by atoms with E-state index in [-0.39, 0.29) is 45.2 Å². The first-order chi connectivity index (χ1) is 31.9. The third-order valence-electron chi connectivity index (χ3n) is 11.4. The van der Waals surface area contributed by atoms with E-state index >= 15 is 0 Å². The molecule has 0 saturated heterocycles. The molecule has 0 fully saturated rings. The van der Waals surface area contributed by atoms with Gasteiger partial charge < -0.3 is 19.5 Å². The Bertz CT molecular complexity index is 1370. The summed E-state index contributed by atoms with van der Waals surface area (Å²) in [7, 11) is -4.30. The molecule has 0 aromatic heterocycles. The topological polar surface area (TPSA) is 136 Å². The molecule has 0 bridgehead atoms. The summed E-state index contributed by atoms with van der Waals surface area (Å²) >= 11 is 6.05. The Morgan fingerprint density at radius 1 is 0.561 bits per heavy atom. The highest BCUT2D eigenvalue weighted by atomic mass is 35.5. The van der Waals surface area contributed by atoms with E-state index in [4.69, 9.17) is 39.4 Å². The van der Waals surface area contributed by atoms with Gasteiger partial charge in [0.2, 0.25) is 0 Å². The third-order valence-corrected chi connectivity index (χ3v) is 13.1. The largest absolute Gasteiger partial charge is 0.475 e. The lowest BCUT2D eigenvalue weighted by molar-refractivity contribution is -0.161. The van der Waals surface area contributed by atoms with Crippen molar-refractivity contribution in [1.29, 1.82) is 0 Å². The number of hydrogen-bond acceptors (Lipinski definition) is 10. The fourth-order valence-electron chi connectivity index (χ4n) is 7.55. The van der Waals surface area contributed by atoms with Crippen molar-refractivity contribution in [2.24, 2.45) is 0 Å². The summed E-state index contributed by atoms with van der Waals surface area (Å²) in [4.78, 5) is 38.1. The molecule has 0 saturated carbocycles. The molecule has 1 N–H and O–H groups in total. The van der Waals surface area contributed by atoms with Crippen molar-refractivity contribution in [3.05, 3.63) is 34.9 Å². The van der Waals surface area contributed by atoms with Crippen molar-refractivity contribution in [3.8, 4) is 0 Å². The minimum absolute atomic E-state index is 0.0405. The van der Waals surface area contributed by atoms with Crippen LogP contribution in [0.25, 0.3) is 0 Å². The number of hydrogen-bond donors (Lipinski definition) is 1. The van der Waals surface area contributed by atoms with Crippen LogP contribution in [0.5, 0.6) is 0 Å². The highest BCUT2D eigenvalue weighted by Crippen LogP contribution is 2.50. The number of alkyl carbamates (subject to hydrolysis) is 1. The minimum Gasteiger partial charge on any atom is -0.462 e. The third kappa shape index (κ3) is 39.8. The lowest BCUT2D eigenvalue weighted by atomic mass is 10.0. The number of phosphoric ester groups is 1. The number of phosphoric acid groups is 1. The molecule has 0 aliphatic heterocycles. The van der Waals surface area contributed by atoms with Crippen LogP contribution in [-0.2, 0) is 48.5 Å². The summed E-state index contributed by atoms with van der Waals surface area (Å²) < 4.78 is 47.6. The summed E-state index contributed by atoms with van der Waals surface area (Å²) in [6.07, 6.45) is 35.7. The zero-order valence-electron chi connectivity index (χ0n) is 42.5. The van der Waals surface area contributed by atoms with Crippen molar-refractivity contribution in [2.45, 2.75) is 258 Å². The van der Waals surface area contributed by atoms with Gasteiger partial charge in [0.15, 0.2) is 6.10 Å². The number of esters is 2. The van der Waals surface area contributed by atoms with Gasteiger partial charge in [-0.25, -0.2) is 9.36 Å². The molecule has 1 aromatic rings. The van der Waals surface area contributed by atoms with Crippen LogP contribution in [0.3, 0.4) is 0 Å². The molecule has 1 aromatic carbocycles. The van der Waals surface area contributed by atoms with Crippen molar-refractivity contribution < 1.29 is 46.7 Å². The van der Waals surface area contributed by atoms with Gasteiger partial charge in [-0.1, -0.05) is 217 Å². The number of unbranched alkanes of at least 4 members (excludes halogenated alkanes) is 28. The Hall–Kier alpha value is -2.17. The molecular formula is C53H95ClNO10P. The quantitative estimate of drug-likeness (QED) is 0.0291. The maximum atomic E-state index is 14.0. The van der Waals surface area contributed by atoms with E-state index in [2.05, 4.69) is 19.2 Å². The molecule has 1 rings (SSSR count). The molecule has 1 amide bonds. The lowest BCUT2D eigenvalue weighted by Crippen LogP contribution is -2.34. The molecule has 13 heteroatoms. The molecule has 0 radical (unpaired) electrons. The Balaban J connectivity index is 2.64. The Labute approximate surface area is 407 Å². The summed E-state index contributed by atoms with van der Waals surface area (Å²) in [5, 5.41) is 3.09. The number of ether oxygens (including phenoxy) is 3. The average molecular weight is 973 g/mol. The second kappa shape index (κ2) is 41.8. The first-order valence-corrected chi connectivity index (χ1v) is 28.3. The highest BCUT2D eigenvalue weighted by molar-refractivity contribution is 7.48. The van der Waals surface area contributed by atoms with Crippen LogP contribution in [0.1, 0.15) is 246 Å². The van der Waals surface area contributed by atoms with E-state index in [9.17, 15) is 18.9 Å². The van der Waals surface area contributed by atoms with Crippen molar-refractivity contribution in [3.63, 3.8) is 0 Å².